The molecule has 5 nitrogen and oxygen atoms in total. The molecule has 0 amide bonds. The lowest BCUT2D eigenvalue weighted by molar-refractivity contribution is 0.135. The van der Waals surface area contributed by atoms with Crippen LogP contribution in [0.2, 0.25) is 0 Å². The smallest absolute Gasteiger partial charge is 0.123 e. The van der Waals surface area contributed by atoms with Crippen molar-refractivity contribution in [3.05, 3.63) is 47.5 Å². The molecule has 0 aliphatic heterocycles. The highest BCUT2D eigenvalue weighted by molar-refractivity contribution is 5.19. The number of nitrogens with zero attached hydrogens (tertiary/aromatic N) is 3. The van der Waals surface area contributed by atoms with Gasteiger partial charge in [-0.05, 0) is 24.6 Å². The van der Waals surface area contributed by atoms with Crippen molar-refractivity contribution in [2.45, 2.75) is 25.6 Å². The molecule has 0 saturated heterocycles. The Labute approximate surface area is 111 Å². The van der Waals surface area contributed by atoms with Crippen LogP contribution in [0.3, 0.4) is 0 Å². The molecule has 2 rings (SSSR count). The minimum Gasteiger partial charge on any atom is -0.387 e. The van der Waals surface area contributed by atoms with Gasteiger partial charge in [0.05, 0.1) is 18.0 Å². The van der Waals surface area contributed by atoms with E-state index in [9.17, 15) is 9.50 Å². The predicted octanol–water partition coefficient (Wildman–Crippen LogP) is 1.17. The van der Waals surface area contributed by atoms with Crippen LogP contribution in [0.25, 0.3) is 0 Å². The monoisotopic (exact) mass is 264 g/mol. The Morgan fingerprint density at radius 1 is 1.37 bits per heavy atom. The van der Waals surface area contributed by atoms with E-state index in [4.69, 9.17) is 0 Å². The molecule has 0 fully saturated rings. The van der Waals surface area contributed by atoms with Crippen molar-refractivity contribution in [1.82, 2.24) is 20.3 Å². The SMILES string of the molecule is CC(NCc1cnnn1C)C(O)c1ccc(F)cc1. The van der Waals surface area contributed by atoms with Gasteiger partial charge in [0.15, 0.2) is 0 Å². The van der Waals surface area contributed by atoms with Crippen molar-refractivity contribution in [1.29, 1.82) is 0 Å². The molecule has 2 aromatic rings. The molecule has 0 bridgehead atoms. The lowest BCUT2D eigenvalue weighted by Gasteiger charge is -2.20. The van der Waals surface area contributed by atoms with Crippen LogP contribution in [-0.4, -0.2) is 26.1 Å². The zero-order valence-electron chi connectivity index (χ0n) is 10.9. The molecular weight excluding hydrogens is 247 g/mol. The van der Waals surface area contributed by atoms with E-state index in [1.54, 1.807) is 23.0 Å². The zero-order chi connectivity index (χ0) is 13.8. The Kier molecular flexibility index (Phi) is 4.24. The maximum Gasteiger partial charge on any atom is 0.123 e. The molecule has 1 aromatic heterocycles. The summed E-state index contributed by atoms with van der Waals surface area (Å²) in [5.41, 5.74) is 1.61. The number of aliphatic hydroxyl groups is 1. The van der Waals surface area contributed by atoms with Gasteiger partial charge in [-0.15, -0.1) is 5.10 Å². The minimum absolute atomic E-state index is 0.166. The fraction of sp³-hybridized carbons (Fsp3) is 0.385. The first-order chi connectivity index (χ1) is 9.08. The minimum atomic E-state index is -0.693. The Hall–Kier alpha value is -1.79. The van der Waals surface area contributed by atoms with Gasteiger partial charge in [-0.2, -0.15) is 0 Å². The van der Waals surface area contributed by atoms with Gasteiger partial charge in [-0.25, -0.2) is 4.39 Å². The Bertz CT molecular complexity index is 526. The maximum atomic E-state index is 12.8. The van der Waals surface area contributed by atoms with Crippen LogP contribution in [0.15, 0.2) is 30.5 Å². The molecule has 0 saturated carbocycles. The molecule has 1 heterocycles. The molecule has 2 N–H and O–H groups in total. The molecule has 0 aliphatic carbocycles. The third-order valence-electron chi connectivity index (χ3n) is 3.10. The van der Waals surface area contributed by atoms with Gasteiger partial charge in [-0.1, -0.05) is 17.3 Å². The Morgan fingerprint density at radius 3 is 2.63 bits per heavy atom. The van der Waals surface area contributed by atoms with Crippen LogP contribution in [0, 0.1) is 5.82 Å². The van der Waals surface area contributed by atoms with E-state index in [1.165, 1.54) is 12.1 Å². The topological polar surface area (TPSA) is 63.0 Å². The molecule has 102 valence electrons. The number of nitrogens with one attached hydrogen (secondary N) is 1. The van der Waals surface area contributed by atoms with Crippen molar-refractivity contribution < 1.29 is 9.50 Å². The largest absolute Gasteiger partial charge is 0.387 e. The van der Waals surface area contributed by atoms with E-state index in [-0.39, 0.29) is 11.9 Å². The average Bonchev–Trinajstić information content (AvgIpc) is 2.81. The van der Waals surface area contributed by atoms with Gasteiger partial charge < -0.3 is 10.4 Å². The fourth-order valence-electron chi connectivity index (χ4n) is 1.80. The first kappa shape index (κ1) is 13.6. The van der Waals surface area contributed by atoms with Crippen LogP contribution in [-0.2, 0) is 13.6 Å². The van der Waals surface area contributed by atoms with Gasteiger partial charge in [0.2, 0.25) is 0 Å². The summed E-state index contributed by atoms with van der Waals surface area (Å²) in [6.45, 7) is 2.43. The van der Waals surface area contributed by atoms with Gasteiger partial charge in [0.25, 0.3) is 0 Å². The number of aromatic nitrogens is 3. The zero-order valence-corrected chi connectivity index (χ0v) is 10.9. The van der Waals surface area contributed by atoms with Crippen LogP contribution >= 0.6 is 0 Å². The van der Waals surface area contributed by atoms with Crippen LogP contribution < -0.4 is 5.32 Å². The molecule has 0 radical (unpaired) electrons. The van der Waals surface area contributed by atoms with E-state index in [0.717, 1.165) is 5.69 Å². The average molecular weight is 264 g/mol. The summed E-state index contributed by atoms with van der Waals surface area (Å²) in [6.07, 6.45) is 0.978. The van der Waals surface area contributed by atoms with Crippen molar-refractivity contribution in [2.75, 3.05) is 0 Å². The highest BCUT2D eigenvalue weighted by Crippen LogP contribution is 2.17. The van der Waals surface area contributed by atoms with Gasteiger partial charge in [0.1, 0.15) is 5.82 Å². The van der Waals surface area contributed by atoms with E-state index in [0.29, 0.717) is 12.1 Å². The normalized spacial score (nSPS) is 14.3. The van der Waals surface area contributed by atoms with Gasteiger partial charge in [0, 0.05) is 19.6 Å². The van der Waals surface area contributed by atoms with E-state index < -0.39 is 6.10 Å². The quantitative estimate of drug-likeness (QED) is 0.851. The van der Waals surface area contributed by atoms with Crippen LogP contribution in [0.5, 0.6) is 0 Å². The third-order valence-corrected chi connectivity index (χ3v) is 3.10. The fourth-order valence-corrected chi connectivity index (χ4v) is 1.80. The molecular formula is C13H17FN4O. The molecule has 1 aromatic carbocycles. The molecule has 0 spiro atoms. The second-order valence-electron chi connectivity index (χ2n) is 4.51. The summed E-state index contributed by atoms with van der Waals surface area (Å²) in [7, 11) is 1.81. The Morgan fingerprint density at radius 2 is 2.05 bits per heavy atom. The van der Waals surface area contributed by atoms with E-state index >= 15 is 0 Å². The summed E-state index contributed by atoms with van der Waals surface area (Å²) < 4.78 is 14.5. The summed E-state index contributed by atoms with van der Waals surface area (Å²) in [6, 6.07) is 5.70. The number of halogens is 1. The van der Waals surface area contributed by atoms with Crippen LogP contribution in [0.4, 0.5) is 4.39 Å². The first-order valence-corrected chi connectivity index (χ1v) is 6.08. The summed E-state index contributed by atoms with van der Waals surface area (Å²) in [5, 5.41) is 21.0. The van der Waals surface area contributed by atoms with Crippen molar-refractivity contribution in [3.8, 4) is 0 Å². The van der Waals surface area contributed by atoms with E-state index in [1.807, 2.05) is 14.0 Å². The third kappa shape index (κ3) is 3.36. The van der Waals surface area contributed by atoms with Gasteiger partial charge in [-0.3, -0.25) is 4.68 Å². The number of benzene rings is 1. The molecule has 0 aliphatic rings. The van der Waals surface area contributed by atoms with E-state index in [2.05, 4.69) is 15.6 Å². The lowest BCUT2D eigenvalue weighted by atomic mass is 10.0. The highest BCUT2D eigenvalue weighted by atomic mass is 19.1. The number of aliphatic hydroxyl groups excluding tert-OH is 1. The van der Waals surface area contributed by atoms with Crippen molar-refractivity contribution in [2.24, 2.45) is 7.05 Å². The van der Waals surface area contributed by atoms with Crippen molar-refractivity contribution in [3.63, 3.8) is 0 Å². The molecule has 2 atom stereocenters. The highest BCUT2D eigenvalue weighted by Gasteiger charge is 2.16. The number of hydrogen-bond acceptors (Lipinski definition) is 4. The molecule has 2 unspecified atom stereocenters. The number of rotatable bonds is 5. The number of hydrogen-bond donors (Lipinski definition) is 2. The van der Waals surface area contributed by atoms with Crippen LogP contribution in [0.1, 0.15) is 24.3 Å². The second-order valence-corrected chi connectivity index (χ2v) is 4.51. The predicted molar refractivity (Wildman–Crippen MR) is 68.7 cm³/mol. The summed E-state index contributed by atoms with van der Waals surface area (Å²) in [4.78, 5) is 0. The lowest BCUT2D eigenvalue weighted by Crippen LogP contribution is -2.32. The summed E-state index contributed by atoms with van der Waals surface area (Å²) in [5.74, 6) is -0.308. The van der Waals surface area contributed by atoms with Crippen molar-refractivity contribution >= 4 is 0 Å². The molecule has 6 heteroatoms. The Balaban J connectivity index is 1.94. The van der Waals surface area contributed by atoms with Gasteiger partial charge >= 0.3 is 0 Å². The second kappa shape index (κ2) is 5.90. The molecule has 19 heavy (non-hydrogen) atoms. The summed E-state index contributed by atoms with van der Waals surface area (Å²) >= 11 is 0. The first-order valence-electron chi connectivity index (χ1n) is 6.08. The maximum absolute atomic E-state index is 12.8. The standard InChI is InChI=1S/C13H17FN4O/c1-9(15-7-12-8-16-17-18(12)2)13(19)10-3-5-11(14)6-4-10/h3-6,8-9,13,15,19H,7H2,1-2H3. The number of aryl methyl sites for hydroxylation is 1.